The largest absolute Gasteiger partial charge is 0.465 e. The van der Waals surface area contributed by atoms with Crippen LogP contribution in [0.3, 0.4) is 0 Å². The van der Waals surface area contributed by atoms with Crippen molar-refractivity contribution in [3.8, 4) is 0 Å². The molecular formula is C21H19FN4O5S. The number of esters is 1. The van der Waals surface area contributed by atoms with E-state index in [0.29, 0.717) is 18.5 Å². The highest BCUT2D eigenvalue weighted by atomic mass is 32.1. The van der Waals surface area contributed by atoms with Crippen LogP contribution in [0.5, 0.6) is 0 Å². The van der Waals surface area contributed by atoms with Gasteiger partial charge in [-0.2, -0.15) is 0 Å². The molecule has 0 fully saturated rings. The second-order valence-corrected chi connectivity index (χ2v) is 8.20. The highest BCUT2D eigenvalue weighted by Crippen LogP contribution is 2.39. The van der Waals surface area contributed by atoms with Crippen molar-refractivity contribution in [2.45, 2.75) is 32.2 Å². The number of carbonyl (C=O) groups excluding carboxylic acids is 2. The maximum absolute atomic E-state index is 14.0. The minimum atomic E-state index is -0.858. The quantitative estimate of drug-likeness (QED) is 0.545. The molecule has 1 amide bonds. The number of rotatable bonds is 6. The number of aromatic nitrogens is 3. The van der Waals surface area contributed by atoms with Gasteiger partial charge in [0.15, 0.2) is 5.13 Å². The Morgan fingerprint density at radius 2 is 2.12 bits per heavy atom. The Morgan fingerprint density at radius 1 is 1.34 bits per heavy atom. The molecule has 2 aromatic heterocycles. The van der Waals surface area contributed by atoms with E-state index in [0.717, 1.165) is 15.6 Å². The van der Waals surface area contributed by atoms with Crippen LogP contribution >= 0.6 is 11.3 Å². The average Bonchev–Trinajstić information content (AvgIpc) is 3.32. The number of aromatic amines is 1. The highest BCUT2D eigenvalue weighted by Gasteiger charge is 2.34. The summed E-state index contributed by atoms with van der Waals surface area (Å²) in [6.07, 6.45) is 2.25. The highest BCUT2D eigenvalue weighted by molar-refractivity contribution is 7.16. The molecule has 2 heterocycles. The van der Waals surface area contributed by atoms with Crippen LogP contribution < -0.4 is 16.6 Å². The third kappa shape index (κ3) is 4.11. The molecule has 1 aliphatic rings. The number of anilines is 1. The molecule has 2 N–H and O–H groups in total. The molecule has 0 spiro atoms. The normalized spacial score (nSPS) is 14.8. The Kier molecular flexibility index (Phi) is 5.99. The number of ether oxygens (including phenoxy) is 1. The van der Waals surface area contributed by atoms with Crippen LogP contribution in [0, 0.1) is 5.82 Å². The molecule has 166 valence electrons. The Balaban J connectivity index is 1.57. The first-order chi connectivity index (χ1) is 15.4. The second kappa shape index (κ2) is 8.87. The van der Waals surface area contributed by atoms with Gasteiger partial charge < -0.3 is 9.72 Å². The number of carbonyl (C=O) groups is 2. The average molecular weight is 458 g/mol. The Hall–Kier alpha value is -3.60. The molecule has 0 saturated heterocycles. The fourth-order valence-electron chi connectivity index (χ4n) is 3.53. The number of thiazole rings is 1. The van der Waals surface area contributed by atoms with Crippen LogP contribution in [0.1, 0.15) is 45.8 Å². The van der Waals surface area contributed by atoms with Crippen molar-refractivity contribution >= 4 is 28.3 Å². The van der Waals surface area contributed by atoms with Gasteiger partial charge in [0.25, 0.3) is 11.5 Å². The van der Waals surface area contributed by atoms with Crippen molar-refractivity contribution in [1.82, 2.24) is 14.5 Å². The van der Waals surface area contributed by atoms with Gasteiger partial charge in [-0.25, -0.2) is 14.2 Å². The summed E-state index contributed by atoms with van der Waals surface area (Å²) in [7, 11) is 0. The molecule has 0 saturated carbocycles. The summed E-state index contributed by atoms with van der Waals surface area (Å²) in [5.74, 6) is -2.17. The zero-order valence-corrected chi connectivity index (χ0v) is 17.8. The van der Waals surface area contributed by atoms with Gasteiger partial charge in [0.1, 0.15) is 17.3 Å². The van der Waals surface area contributed by atoms with E-state index in [9.17, 15) is 23.6 Å². The maximum Gasteiger partial charge on any atom is 0.328 e. The number of hydrogen-bond acceptors (Lipinski definition) is 7. The van der Waals surface area contributed by atoms with Crippen molar-refractivity contribution < 1.29 is 18.7 Å². The van der Waals surface area contributed by atoms with E-state index in [1.54, 1.807) is 13.0 Å². The number of nitrogens with zero attached hydrogens (tertiary/aromatic N) is 2. The molecule has 9 nitrogen and oxygen atoms in total. The van der Waals surface area contributed by atoms with Gasteiger partial charge in [0.05, 0.1) is 18.8 Å². The first kappa shape index (κ1) is 21.6. The Labute approximate surface area is 184 Å². The molecule has 1 atom stereocenters. The molecule has 4 rings (SSSR count). The molecule has 32 heavy (non-hydrogen) atoms. The lowest BCUT2D eigenvalue weighted by atomic mass is 10.1. The number of benzene rings is 1. The van der Waals surface area contributed by atoms with Crippen molar-refractivity contribution in [3.05, 3.63) is 78.8 Å². The summed E-state index contributed by atoms with van der Waals surface area (Å²) < 4.78 is 19.8. The minimum Gasteiger partial charge on any atom is -0.465 e. The van der Waals surface area contributed by atoms with Crippen molar-refractivity contribution in [2.24, 2.45) is 0 Å². The fourth-order valence-corrected chi connectivity index (χ4v) is 4.57. The molecular weight excluding hydrogens is 439 g/mol. The SMILES string of the molecule is CCOC(=O)C1CCc2sc(NC(=O)c3c[nH]c(=O)n(Cc4ccccc4F)c3=O)nc21. The fraction of sp³-hybridized carbons (Fsp3) is 0.286. The zero-order valence-electron chi connectivity index (χ0n) is 17.0. The lowest BCUT2D eigenvalue weighted by molar-refractivity contribution is -0.145. The van der Waals surface area contributed by atoms with Crippen LogP contribution in [-0.4, -0.2) is 33.0 Å². The lowest BCUT2D eigenvalue weighted by Gasteiger charge is -2.09. The van der Waals surface area contributed by atoms with Crippen LogP contribution in [0.25, 0.3) is 0 Å². The van der Waals surface area contributed by atoms with Crippen LogP contribution in [-0.2, 0) is 22.5 Å². The summed E-state index contributed by atoms with van der Waals surface area (Å²) >= 11 is 1.22. The monoisotopic (exact) mass is 458 g/mol. The van der Waals surface area contributed by atoms with E-state index >= 15 is 0 Å². The third-order valence-electron chi connectivity index (χ3n) is 5.10. The van der Waals surface area contributed by atoms with Gasteiger partial charge in [-0.15, -0.1) is 11.3 Å². The predicted octanol–water partition coefficient (Wildman–Crippen LogP) is 2.03. The van der Waals surface area contributed by atoms with E-state index in [1.165, 1.54) is 29.5 Å². The van der Waals surface area contributed by atoms with Gasteiger partial charge in [-0.3, -0.25) is 24.3 Å². The first-order valence-corrected chi connectivity index (χ1v) is 10.7. The summed E-state index contributed by atoms with van der Waals surface area (Å²) in [5.41, 5.74) is -1.23. The molecule has 11 heteroatoms. The van der Waals surface area contributed by atoms with E-state index in [2.05, 4.69) is 15.3 Å². The summed E-state index contributed by atoms with van der Waals surface area (Å²) in [5, 5.41) is 2.79. The summed E-state index contributed by atoms with van der Waals surface area (Å²) in [4.78, 5) is 57.3. The van der Waals surface area contributed by atoms with Crippen molar-refractivity contribution in [2.75, 3.05) is 11.9 Å². The number of amides is 1. The Bertz CT molecular complexity index is 1310. The van der Waals surface area contributed by atoms with Gasteiger partial charge >= 0.3 is 11.7 Å². The lowest BCUT2D eigenvalue weighted by Crippen LogP contribution is -2.39. The zero-order chi connectivity index (χ0) is 22.8. The molecule has 0 radical (unpaired) electrons. The number of fused-ring (bicyclic) bond motifs is 1. The van der Waals surface area contributed by atoms with Crippen molar-refractivity contribution in [3.63, 3.8) is 0 Å². The summed E-state index contributed by atoms with van der Waals surface area (Å²) in [6, 6.07) is 5.74. The molecule has 0 bridgehead atoms. The van der Waals surface area contributed by atoms with E-state index in [4.69, 9.17) is 4.74 Å². The second-order valence-electron chi connectivity index (χ2n) is 7.12. The first-order valence-electron chi connectivity index (χ1n) is 9.92. The summed E-state index contributed by atoms with van der Waals surface area (Å²) in [6.45, 7) is 1.67. The number of aryl methyl sites for hydroxylation is 1. The number of nitrogens with one attached hydrogen (secondary N) is 2. The third-order valence-corrected chi connectivity index (χ3v) is 6.15. The van der Waals surface area contributed by atoms with Gasteiger partial charge in [0, 0.05) is 16.6 Å². The maximum atomic E-state index is 14.0. The molecule has 1 aliphatic carbocycles. The van der Waals surface area contributed by atoms with E-state index in [1.807, 2.05) is 0 Å². The minimum absolute atomic E-state index is 0.138. The molecule has 1 aromatic carbocycles. The van der Waals surface area contributed by atoms with Crippen LogP contribution in [0.2, 0.25) is 0 Å². The number of hydrogen-bond donors (Lipinski definition) is 2. The topological polar surface area (TPSA) is 123 Å². The smallest absolute Gasteiger partial charge is 0.328 e. The number of halogens is 1. The van der Waals surface area contributed by atoms with Crippen molar-refractivity contribution in [1.29, 1.82) is 0 Å². The molecule has 1 unspecified atom stereocenters. The van der Waals surface area contributed by atoms with Crippen LogP contribution in [0.15, 0.2) is 40.1 Å². The van der Waals surface area contributed by atoms with E-state index in [-0.39, 0.29) is 35.4 Å². The predicted molar refractivity (Wildman–Crippen MR) is 115 cm³/mol. The standard InChI is InChI=1S/C21H19FN4O5S/c1-2-31-19(29)12-7-8-15-16(12)24-20(32-15)25-17(27)13-9-23-21(30)26(18(13)28)10-11-5-3-4-6-14(11)22/h3-6,9,12H,2,7-8,10H2,1H3,(H,23,30)(H,24,25,27). The van der Waals surface area contributed by atoms with Gasteiger partial charge in [-0.05, 0) is 25.8 Å². The van der Waals surface area contributed by atoms with Gasteiger partial charge in [-0.1, -0.05) is 18.2 Å². The molecule has 3 aromatic rings. The van der Waals surface area contributed by atoms with Gasteiger partial charge in [0.2, 0.25) is 0 Å². The molecule has 0 aliphatic heterocycles. The number of H-pyrrole nitrogens is 1. The van der Waals surface area contributed by atoms with E-state index < -0.39 is 28.9 Å². The van der Waals surface area contributed by atoms with Crippen LogP contribution in [0.4, 0.5) is 9.52 Å². The Morgan fingerprint density at radius 3 is 2.88 bits per heavy atom.